The van der Waals surface area contributed by atoms with Gasteiger partial charge in [0.25, 0.3) is 11.8 Å². The summed E-state index contributed by atoms with van der Waals surface area (Å²) in [5, 5.41) is 7.59. The van der Waals surface area contributed by atoms with Crippen LogP contribution in [-0.2, 0) is 0 Å². The van der Waals surface area contributed by atoms with Gasteiger partial charge in [0.15, 0.2) is 5.82 Å². The fraction of sp³-hybridized carbons (Fsp3) is 0.556. The number of halogens is 1. The number of nitrogens with zero attached hydrogens (tertiary/aromatic N) is 4. The lowest BCUT2D eigenvalue weighted by atomic mass is 10.1. The molecule has 1 amide bonds. The molecular formula is C18H24ClN5O2. The van der Waals surface area contributed by atoms with Gasteiger partial charge in [-0.25, -0.2) is 4.98 Å². The fourth-order valence-electron chi connectivity index (χ4n) is 3.48. The molecule has 2 aromatic rings. The summed E-state index contributed by atoms with van der Waals surface area (Å²) >= 11 is 0. The Labute approximate surface area is 159 Å². The number of carbonyl (C=O) groups excluding carboxylic acids is 1. The number of hydrogen-bond acceptors (Lipinski definition) is 6. The van der Waals surface area contributed by atoms with Crippen molar-refractivity contribution in [3.05, 3.63) is 29.7 Å². The summed E-state index contributed by atoms with van der Waals surface area (Å²) in [6, 6.07) is 5.50. The third-order valence-corrected chi connectivity index (χ3v) is 4.89. The van der Waals surface area contributed by atoms with Gasteiger partial charge in [0.2, 0.25) is 0 Å². The molecule has 140 valence electrons. The first-order valence-electron chi connectivity index (χ1n) is 9.15. The van der Waals surface area contributed by atoms with Crippen LogP contribution in [0.4, 0.5) is 0 Å². The minimum absolute atomic E-state index is 0. The van der Waals surface area contributed by atoms with Crippen LogP contribution in [0.1, 0.15) is 60.9 Å². The van der Waals surface area contributed by atoms with Crippen LogP contribution in [0.3, 0.4) is 0 Å². The summed E-state index contributed by atoms with van der Waals surface area (Å²) in [4.78, 5) is 23.3. The van der Waals surface area contributed by atoms with Crippen LogP contribution in [0.25, 0.3) is 11.6 Å². The maximum atomic E-state index is 12.5. The van der Waals surface area contributed by atoms with Gasteiger partial charge < -0.3 is 14.7 Å². The Morgan fingerprint density at radius 1 is 1.12 bits per heavy atom. The van der Waals surface area contributed by atoms with E-state index in [0.717, 1.165) is 38.9 Å². The number of rotatable bonds is 3. The van der Waals surface area contributed by atoms with Crippen molar-refractivity contribution in [1.29, 1.82) is 0 Å². The van der Waals surface area contributed by atoms with Crippen LogP contribution < -0.4 is 5.32 Å². The average Bonchev–Trinajstić information content (AvgIpc) is 3.29. The Balaban J connectivity index is 0.00000196. The molecule has 1 unspecified atom stereocenters. The van der Waals surface area contributed by atoms with E-state index in [1.165, 1.54) is 19.3 Å². The molecular weight excluding hydrogens is 354 g/mol. The lowest BCUT2D eigenvalue weighted by Gasteiger charge is -2.14. The molecule has 0 saturated carbocycles. The topological polar surface area (TPSA) is 84.2 Å². The Morgan fingerprint density at radius 2 is 1.96 bits per heavy atom. The normalized spacial score (nSPS) is 20.5. The Hall–Kier alpha value is -1.99. The Bertz CT molecular complexity index is 737. The maximum absolute atomic E-state index is 12.5. The van der Waals surface area contributed by atoms with Crippen LogP contribution in [0, 0.1) is 0 Å². The standard InChI is InChI=1S/C18H23N5O2.ClH/c24-18(23-11-4-5-12-23)15-9-6-8-14(20-15)17-21-16(22-25-17)13-7-2-1-3-10-19-13;/h6,8-9,13,19H,1-5,7,10-12H2;1H. The van der Waals surface area contributed by atoms with Crippen LogP contribution in [0.15, 0.2) is 22.7 Å². The van der Waals surface area contributed by atoms with Crippen molar-refractivity contribution < 1.29 is 9.32 Å². The summed E-state index contributed by atoms with van der Waals surface area (Å²) in [7, 11) is 0. The summed E-state index contributed by atoms with van der Waals surface area (Å²) < 4.78 is 5.42. The van der Waals surface area contributed by atoms with E-state index in [9.17, 15) is 4.79 Å². The van der Waals surface area contributed by atoms with Crippen molar-refractivity contribution in [2.24, 2.45) is 0 Å². The number of amides is 1. The number of nitrogens with one attached hydrogen (secondary N) is 1. The van der Waals surface area contributed by atoms with Crippen molar-refractivity contribution >= 4 is 18.3 Å². The minimum Gasteiger partial charge on any atom is -0.337 e. The predicted molar refractivity (Wildman–Crippen MR) is 99.1 cm³/mol. The molecule has 4 rings (SSSR count). The molecule has 2 saturated heterocycles. The monoisotopic (exact) mass is 377 g/mol. The molecule has 26 heavy (non-hydrogen) atoms. The first-order valence-corrected chi connectivity index (χ1v) is 9.15. The maximum Gasteiger partial charge on any atom is 0.276 e. The number of carbonyl (C=O) groups is 1. The van der Waals surface area contributed by atoms with Gasteiger partial charge in [-0.2, -0.15) is 4.98 Å². The van der Waals surface area contributed by atoms with Crippen LogP contribution in [0.5, 0.6) is 0 Å². The molecule has 2 fully saturated rings. The highest BCUT2D eigenvalue weighted by Crippen LogP contribution is 2.23. The van der Waals surface area contributed by atoms with Gasteiger partial charge in [-0.3, -0.25) is 4.79 Å². The van der Waals surface area contributed by atoms with Crippen LogP contribution in [-0.4, -0.2) is 45.6 Å². The first kappa shape index (κ1) is 18.8. The Kier molecular flexibility index (Phi) is 6.21. The second-order valence-corrected chi connectivity index (χ2v) is 6.72. The smallest absolute Gasteiger partial charge is 0.276 e. The SMILES string of the molecule is Cl.O=C(c1cccc(-c2nc(C3CCCCCN3)no2)n1)N1CCCC1. The van der Waals surface area contributed by atoms with Crippen molar-refractivity contribution in [2.75, 3.05) is 19.6 Å². The highest BCUT2D eigenvalue weighted by molar-refractivity contribution is 5.92. The molecule has 2 aliphatic heterocycles. The first-order chi connectivity index (χ1) is 12.3. The van der Waals surface area contributed by atoms with Gasteiger partial charge in [-0.05, 0) is 44.4 Å². The molecule has 2 aliphatic rings. The third-order valence-electron chi connectivity index (χ3n) is 4.89. The summed E-state index contributed by atoms with van der Waals surface area (Å²) in [5.41, 5.74) is 0.990. The van der Waals surface area contributed by atoms with E-state index in [-0.39, 0.29) is 24.4 Å². The molecule has 1 atom stereocenters. The predicted octanol–water partition coefficient (Wildman–Crippen LogP) is 2.99. The molecule has 0 spiro atoms. The molecule has 0 aliphatic carbocycles. The summed E-state index contributed by atoms with van der Waals surface area (Å²) in [5.74, 6) is 1.02. The molecule has 0 bridgehead atoms. The van der Waals surface area contributed by atoms with Gasteiger partial charge >= 0.3 is 0 Å². The average molecular weight is 378 g/mol. The molecule has 0 radical (unpaired) electrons. The number of pyridine rings is 1. The van der Waals surface area contributed by atoms with E-state index in [0.29, 0.717) is 23.1 Å². The van der Waals surface area contributed by atoms with E-state index < -0.39 is 0 Å². The van der Waals surface area contributed by atoms with Gasteiger partial charge in [0.05, 0.1) is 6.04 Å². The second-order valence-electron chi connectivity index (χ2n) is 6.72. The second kappa shape index (κ2) is 8.60. The van der Waals surface area contributed by atoms with E-state index >= 15 is 0 Å². The molecule has 0 aromatic carbocycles. The minimum atomic E-state index is -0.0236. The van der Waals surface area contributed by atoms with E-state index in [2.05, 4.69) is 20.4 Å². The van der Waals surface area contributed by atoms with Crippen molar-refractivity contribution in [1.82, 2.24) is 25.3 Å². The van der Waals surface area contributed by atoms with E-state index in [4.69, 9.17) is 4.52 Å². The molecule has 4 heterocycles. The van der Waals surface area contributed by atoms with Crippen molar-refractivity contribution in [2.45, 2.75) is 44.6 Å². The highest BCUT2D eigenvalue weighted by Gasteiger charge is 2.23. The van der Waals surface area contributed by atoms with Gasteiger partial charge in [0, 0.05) is 13.1 Å². The largest absolute Gasteiger partial charge is 0.337 e. The van der Waals surface area contributed by atoms with Gasteiger partial charge in [-0.15, -0.1) is 12.4 Å². The molecule has 2 aromatic heterocycles. The highest BCUT2D eigenvalue weighted by atomic mass is 35.5. The molecule has 7 nitrogen and oxygen atoms in total. The zero-order chi connectivity index (χ0) is 17.1. The lowest BCUT2D eigenvalue weighted by molar-refractivity contribution is 0.0787. The van der Waals surface area contributed by atoms with Gasteiger partial charge in [0.1, 0.15) is 11.4 Å². The summed E-state index contributed by atoms with van der Waals surface area (Å²) in [6.45, 7) is 2.60. The zero-order valence-corrected chi connectivity index (χ0v) is 15.5. The number of likely N-dealkylation sites (tertiary alicyclic amines) is 1. The Morgan fingerprint density at radius 3 is 2.81 bits per heavy atom. The van der Waals surface area contributed by atoms with E-state index in [1.807, 2.05) is 11.0 Å². The third kappa shape index (κ3) is 4.04. The van der Waals surface area contributed by atoms with E-state index in [1.54, 1.807) is 12.1 Å². The van der Waals surface area contributed by atoms with Crippen molar-refractivity contribution in [3.63, 3.8) is 0 Å². The zero-order valence-electron chi connectivity index (χ0n) is 14.7. The number of hydrogen-bond donors (Lipinski definition) is 1. The van der Waals surface area contributed by atoms with Crippen LogP contribution >= 0.6 is 12.4 Å². The van der Waals surface area contributed by atoms with Gasteiger partial charge in [-0.1, -0.05) is 24.1 Å². The molecule has 8 heteroatoms. The fourth-order valence-corrected chi connectivity index (χ4v) is 3.48. The molecule has 1 N–H and O–H groups in total. The quantitative estimate of drug-likeness (QED) is 0.885. The van der Waals surface area contributed by atoms with Crippen molar-refractivity contribution in [3.8, 4) is 11.6 Å². The van der Waals surface area contributed by atoms with Crippen LogP contribution in [0.2, 0.25) is 0 Å². The number of aromatic nitrogens is 3. The lowest BCUT2D eigenvalue weighted by Crippen LogP contribution is -2.28. The summed E-state index contributed by atoms with van der Waals surface area (Å²) in [6.07, 6.45) is 6.72.